The average molecular weight is 214 g/mol. The van der Waals surface area contributed by atoms with Gasteiger partial charge in [0.25, 0.3) is 0 Å². The Bertz CT molecular complexity index is 421. The van der Waals surface area contributed by atoms with Crippen LogP contribution in [-0.2, 0) is 17.6 Å². The van der Waals surface area contributed by atoms with Crippen molar-refractivity contribution < 1.29 is 4.79 Å². The predicted molar refractivity (Wildman–Crippen MR) is 64.4 cm³/mol. The van der Waals surface area contributed by atoms with Crippen LogP contribution in [-0.4, -0.2) is 5.78 Å². The first kappa shape index (κ1) is 10.1. The third-order valence-corrected chi connectivity index (χ3v) is 4.40. The Morgan fingerprint density at radius 1 is 0.938 bits per heavy atom. The highest BCUT2D eigenvalue weighted by molar-refractivity contribution is 5.87. The molecule has 0 radical (unpaired) electrons. The molecule has 1 nitrogen and oxygen atoms in total. The van der Waals surface area contributed by atoms with Crippen molar-refractivity contribution in [2.24, 2.45) is 5.41 Å². The van der Waals surface area contributed by atoms with Gasteiger partial charge in [0.15, 0.2) is 0 Å². The molecule has 0 amide bonds. The molecule has 1 aromatic rings. The molecular weight excluding hydrogens is 196 g/mol. The monoisotopic (exact) mass is 214 g/mol. The Morgan fingerprint density at radius 3 is 2.38 bits per heavy atom. The minimum absolute atomic E-state index is 0.0204. The van der Waals surface area contributed by atoms with Gasteiger partial charge in [-0.05, 0) is 49.7 Å². The summed E-state index contributed by atoms with van der Waals surface area (Å²) in [6.45, 7) is 0. The summed E-state index contributed by atoms with van der Waals surface area (Å²) in [6.07, 6.45) is 7.51. The van der Waals surface area contributed by atoms with E-state index < -0.39 is 0 Å². The van der Waals surface area contributed by atoms with Crippen LogP contribution in [0.2, 0.25) is 0 Å². The summed E-state index contributed by atoms with van der Waals surface area (Å²) < 4.78 is 0. The van der Waals surface area contributed by atoms with Crippen LogP contribution in [0.4, 0.5) is 0 Å². The number of fused-ring (bicyclic) bond motifs is 1. The second-order valence-electron chi connectivity index (χ2n) is 5.36. The summed E-state index contributed by atoms with van der Waals surface area (Å²) in [4.78, 5) is 12.1. The molecule has 1 spiro atoms. The lowest BCUT2D eigenvalue weighted by Gasteiger charge is -2.25. The van der Waals surface area contributed by atoms with Crippen LogP contribution in [0.25, 0.3) is 0 Å². The Kier molecular flexibility index (Phi) is 2.34. The minimum Gasteiger partial charge on any atom is -0.299 e. The number of ketones is 1. The molecule has 0 aliphatic heterocycles. The second-order valence-corrected chi connectivity index (χ2v) is 5.36. The van der Waals surface area contributed by atoms with E-state index in [0.29, 0.717) is 5.78 Å². The molecule has 0 saturated heterocycles. The zero-order valence-corrected chi connectivity index (χ0v) is 9.67. The molecule has 1 fully saturated rings. The van der Waals surface area contributed by atoms with Crippen LogP contribution in [0.3, 0.4) is 0 Å². The highest BCUT2D eigenvalue weighted by Crippen LogP contribution is 2.44. The Labute approximate surface area is 96.9 Å². The smallest absolute Gasteiger partial charge is 0.139 e. The van der Waals surface area contributed by atoms with Crippen molar-refractivity contribution in [3.05, 3.63) is 35.4 Å². The maximum absolute atomic E-state index is 12.1. The van der Waals surface area contributed by atoms with E-state index in [-0.39, 0.29) is 5.41 Å². The van der Waals surface area contributed by atoms with Crippen LogP contribution >= 0.6 is 0 Å². The van der Waals surface area contributed by atoms with Crippen LogP contribution in [0.1, 0.15) is 43.2 Å². The Balaban J connectivity index is 1.99. The van der Waals surface area contributed by atoms with E-state index in [9.17, 15) is 4.79 Å². The maximum Gasteiger partial charge on any atom is 0.139 e. The van der Waals surface area contributed by atoms with E-state index in [0.717, 1.165) is 38.5 Å². The van der Waals surface area contributed by atoms with E-state index in [4.69, 9.17) is 0 Å². The van der Waals surface area contributed by atoms with Gasteiger partial charge in [0.05, 0.1) is 0 Å². The van der Waals surface area contributed by atoms with Gasteiger partial charge in [-0.25, -0.2) is 0 Å². The summed E-state index contributed by atoms with van der Waals surface area (Å²) >= 11 is 0. The first-order valence-electron chi connectivity index (χ1n) is 6.40. The molecular formula is C15H18O. The largest absolute Gasteiger partial charge is 0.299 e. The number of hydrogen-bond acceptors (Lipinski definition) is 1. The van der Waals surface area contributed by atoms with Crippen molar-refractivity contribution in [1.29, 1.82) is 0 Å². The normalized spacial score (nSPS) is 29.1. The third-order valence-electron chi connectivity index (χ3n) is 4.40. The molecule has 1 saturated carbocycles. The van der Waals surface area contributed by atoms with Gasteiger partial charge in [-0.3, -0.25) is 4.79 Å². The molecule has 1 atom stereocenters. The fraction of sp³-hybridized carbons (Fsp3) is 0.533. The molecule has 3 rings (SSSR count). The van der Waals surface area contributed by atoms with Gasteiger partial charge < -0.3 is 0 Å². The maximum atomic E-state index is 12.1. The number of carbonyl (C=O) groups is 1. The van der Waals surface area contributed by atoms with Gasteiger partial charge >= 0.3 is 0 Å². The van der Waals surface area contributed by atoms with Gasteiger partial charge in [-0.1, -0.05) is 24.3 Å². The number of carbonyl (C=O) groups excluding carboxylic acids is 1. The summed E-state index contributed by atoms with van der Waals surface area (Å²) in [5.41, 5.74) is 2.92. The molecule has 0 N–H and O–H groups in total. The molecule has 84 valence electrons. The number of aryl methyl sites for hydroxylation is 1. The summed E-state index contributed by atoms with van der Waals surface area (Å²) in [5.74, 6) is 0.532. The van der Waals surface area contributed by atoms with Crippen LogP contribution in [0.15, 0.2) is 24.3 Å². The highest BCUT2D eigenvalue weighted by Gasteiger charge is 2.42. The van der Waals surface area contributed by atoms with E-state index in [1.165, 1.54) is 17.5 Å². The molecule has 0 aromatic heterocycles. The standard InChI is InChI=1S/C15H18O/c16-14-8-4-10-15(14)9-3-7-12-5-1-2-6-13(12)11-15/h1-2,5-6H,3-4,7-11H2. The van der Waals surface area contributed by atoms with E-state index in [2.05, 4.69) is 24.3 Å². The van der Waals surface area contributed by atoms with Crippen molar-refractivity contribution >= 4 is 5.78 Å². The zero-order valence-electron chi connectivity index (χ0n) is 9.67. The lowest BCUT2D eigenvalue weighted by atomic mass is 9.77. The molecule has 1 aromatic carbocycles. The minimum atomic E-state index is 0.0204. The molecule has 0 bridgehead atoms. The van der Waals surface area contributed by atoms with Crippen LogP contribution in [0, 0.1) is 5.41 Å². The summed E-state index contributed by atoms with van der Waals surface area (Å²) in [7, 11) is 0. The average Bonchev–Trinajstić information content (AvgIpc) is 2.54. The van der Waals surface area contributed by atoms with Gasteiger partial charge in [0.1, 0.15) is 5.78 Å². The fourth-order valence-electron chi connectivity index (χ4n) is 3.49. The van der Waals surface area contributed by atoms with E-state index >= 15 is 0 Å². The second kappa shape index (κ2) is 3.73. The van der Waals surface area contributed by atoms with Crippen LogP contribution in [0.5, 0.6) is 0 Å². The summed E-state index contributed by atoms with van der Waals surface area (Å²) in [5, 5.41) is 0. The summed E-state index contributed by atoms with van der Waals surface area (Å²) in [6, 6.07) is 8.67. The first-order valence-corrected chi connectivity index (χ1v) is 6.40. The molecule has 0 heterocycles. The fourth-order valence-corrected chi connectivity index (χ4v) is 3.49. The van der Waals surface area contributed by atoms with Gasteiger partial charge in [0.2, 0.25) is 0 Å². The molecule has 2 aliphatic carbocycles. The molecule has 2 aliphatic rings. The Hall–Kier alpha value is -1.11. The van der Waals surface area contributed by atoms with E-state index in [1.807, 2.05) is 0 Å². The topological polar surface area (TPSA) is 17.1 Å². The van der Waals surface area contributed by atoms with E-state index in [1.54, 1.807) is 0 Å². The number of rotatable bonds is 0. The number of Topliss-reactive ketones (excluding diaryl/α,β-unsaturated/α-hetero) is 1. The number of benzene rings is 1. The SMILES string of the molecule is O=C1CCCC12CCCc1ccccc1C2. The lowest BCUT2D eigenvalue weighted by molar-refractivity contribution is -0.126. The lowest BCUT2D eigenvalue weighted by Crippen LogP contribution is -2.27. The van der Waals surface area contributed by atoms with Crippen molar-refractivity contribution in [1.82, 2.24) is 0 Å². The van der Waals surface area contributed by atoms with Crippen molar-refractivity contribution in [3.8, 4) is 0 Å². The van der Waals surface area contributed by atoms with Gasteiger partial charge in [-0.15, -0.1) is 0 Å². The van der Waals surface area contributed by atoms with Gasteiger partial charge in [-0.2, -0.15) is 0 Å². The Morgan fingerprint density at radius 2 is 1.62 bits per heavy atom. The zero-order chi connectivity index (χ0) is 11.0. The predicted octanol–water partition coefficient (Wildman–Crippen LogP) is 3.30. The van der Waals surface area contributed by atoms with Crippen molar-refractivity contribution in [2.45, 2.75) is 44.9 Å². The quantitative estimate of drug-likeness (QED) is 0.647. The number of hydrogen-bond donors (Lipinski definition) is 0. The van der Waals surface area contributed by atoms with Crippen molar-refractivity contribution in [2.75, 3.05) is 0 Å². The van der Waals surface area contributed by atoms with Crippen molar-refractivity contribution in [3.63, 3.8) is 0 Å². The molecule has 1 heteroatoms. The molecule has 1 unspecified atom stereocenters. The highest BCUT2D eigenvalue weighted by atomic mass is 16.1. The van der Waals surface area contributed by atoms with Gasteiger partial charge in [0, 0.05) is 11.8 Å². The third kappa shape index (κ3) is 1.50. The molecule has 16 heavy (non-hydrogen) atoms. The van der Waals surface area contributed by atoms with Crippen LogP contribution < -0.4 is 0 Å². The first-order chi connectivity index (χ1) is 7.80.